The van der Waals surface area contributed by atoms with Crippen LogP contribution in [-0.4, -0.2) is 21.2 Å². The molecule has 0 spiro atoms. The molecule has 0 bridgehead atoms. The Balaban J connectivity index is 1.93. The number of nitro benzene ring substituents is 1. The Labute approximate surface area is 171 Å². The lowest BCUT2D eigenvalue weighted by atomic mass is 10.1. The van der Waals surface area contributed by atoms with Gasteiger partial charge < -0.3 is 9.67 Å². The summed E-state index contributed by atoms with van der Waals surface area (Å²) in [6.45, 7) is 0.937. The van der Waals surface area contributed by atoms with Crippen LogP contribution in [-0.2, 0) is 6.54 Å². The van der Waals surface area contributed by atoms with Crippen LogP contribution in [0.4, 0.5) is 15.8 Å². The molecule has 0 fully saturated rings. The molecule has 1 heterocycles. The summed E-state index contributed by atoms with van der Waals surface area (Å²) < 4.78 is 15.3. The molecular weight excluding hydrogens is 393 g/mol. The minimum absolute atomic E-state index is 0.0516. The largest absolute Gasteiger partial charge is 0.396 e. The van der Waals surface area contributed by atoms with Crippen LogP contribution in [0, 0.1) is 15.9 Å². The normalized spacial score (nSPS) is 11.7. The van der Waals surface area contributed by atoms with Crippen molar-refractivity contribution in [1.82, 2.24) is 4.57 Å². The fourth-order valence-corrected chi connectivity index (χ4v) is 3.94. The summed E-state index contributed by atoms with van der Waals surface area (Å²) in [6.07, 6.45) is 3.65. The highest BCUT2D eigenvalue weighted by Gasteiger charge is 2.11. The minimum Gasteiger partial charge on any atom is -0.396 e. The topological polar surface area (TPSA) is 80.7 Å². The third-order valence-corrected chi connectivity index (χ3v) is 5.38. The second kappa shape index (κ2) is 10.1. The maximum absolute atomic E-state index is 13.2. The molecule has 0 aliphatic rings. The highest BCUT2D eigenvalue weighted by atomic mass is 32.1. The number of rotatable bonds is 9. The third kappa shape index (κ3) is 5.58. The number of non-ortho nitro benzene ring substituents is 1. The van der Waals surface area contributed by atoms with E-state index < -0.39 is 4.92 Å². The van der Waals surface area contributed by atoms with Crippen LogP contribution in [0.2, 0.25) is 0 Å². The molecule has 1 N–H and O–H groups in total. The fraction of sp³-hybridized carbons (Fsp3) is 0.286. The molecule has 6 nitrogen and oxygen atoms in total. The molecule has 0 radical (unpaired) electrons. The second-order valence-electron chi connectivity index (χ2n) is 6.59. The van der Waals surface area contributed by atoms with Gasteiger partial charge in [0.15, 0.2) is 4.80 Å². The zero-order valence-electron chi connectivity index (χ0n) is 15.8. The van der Waals surface area contributed by atoms with E-state index in [1.807, 2.05) is 5.38 Å². The van der Waals surface area contributed by atoms with Crippen LogP contribution in [0.3, 0.4) is 0 Å². The van der Waals surface area contributed by atoms with Gasteiger partial charge in [0.05, 0.1) is 16.3 Å². The number of unbranched alkanes of at least 4 members (excludes halogenated alkanes) is 3. The molecule has 8 heteroatoms. The summed E-state index contributed by atoms with van der Waals surface area (Å²) in [7, 11) is 0. The molecule has 0 amide bonds. The number of nitro groups is 1. The maximum atomic E-state index is 13.2. The van der Waals surface area contributed by atoms with Crippen molar-refractivity contribution in [3.63, 3.8) is 0 Å². The molecule has 2 aromatic carbocycles. The Bertz CT molecular complexity index is 1010. The number of nitrogens with zero attached hydrogens (tertiary/aromatic N) is 3. The summed E-state index contributed by atoms with van der Waals surface area (Å²) in [5.41, 5.74) is 2.53. The molecule has 0 saturated carbocycles. The van der Waals surface area contributed by atoms with Crippen LogP contribution in [0.15, 0.2) is 58.9 Å². The molecule has 0 aliphatic heterocycles. The van der Waals surface area contributed by atoms with E-state index in [4.69, 9.17) is 5.11 Å². The first-order valence-electron chi connectivity index (χ1n) is 9.43. The van der Waals surface area contributed by atoms with Crippen molar-refractivity contribution in [2.24, 2.45) is 4.99 Å². The van der Waals surface area contributed by atoms with Crippen LogP contribution >= 0.6 is 11.3 Å². The molecular formula is C21H22FN3O3S. The van der Waals surface area contributed by atoms with Crippen molar-refractivity contribution >= 4 is 22.7 Å². The predicted octanol–water partition coefficient (Wildman–Crippen LogP) is 5.05. The highest BCUT2D eigenvalue weighted by Crippen LogP contribution is 2.24. The van der Waals surface area contributed by atoms with Gasteiger partial charge in [-0.2, -0.15) is 0 Å². The molecule has 152 valence electrons. The highest BCUT2D eigenvalue weighted by molar-refractivity contribution is 7.07. The van der Waals surface area contributed by atoms with Crippen LogP contribution < -0.4 is 4.80 Å². The Morgan fingerprint density at radius 3 is 2.38 bits per heavy atom. The average Bonchev–Trinajstić information content (AvgIpc) is 3.12. The minimum atomic E-state index is -0.415. The molecule has 0 unspecified atom stereocenters. The van der Waals surface area contributed by atoms with Gasteiger partial charge in [-0.1, -0.05) is 12.8 Å². The number of aromatic nitrogens is 1. The number of halogens is 1. The molecule has 1 aromatic heterocycles. The van der Waals surface area contributed by atoms with E-state index in [1.54, 1.807) is 24.3 Å². The van der Waals surface area contributed by atoms with Gasteiger partial charge in [0.1, 0.15) is 5.82 Å². The number of hydrogen-bond acceptors (Lipinski definition) is 5. The van der Waals surface area contributed by atoms with E-state index in [0.29, 0.717) is 5.69 Å². The van der Waals surface area contributed by atoms with Gasteiger partial charge in [-0.05, 0) is 54.8 Å². The van der Waals surface area contributed by atoms with Crippen molar-refractivity contribution < 1.29 is 14.4 Å². The molecule has 0 saturated heterocycles. The number of aliphatic hydroxyl groups excluding tert-OH is 1. The van der Waals surface area contributed by atoms with Gasteiger partial charge in [0, 0.05) is 30.7 Å². The Morgan fingerprint density at radius 1 is 1.03 bits per heavy atom. The number of thiazole rings is 1. The first kappa shape index (κ1) is 20.9. The molecule has 29 heavy (non-hydrogen) atoms. The van der Waals surface area contributed by atoms with Crippen molar-refractivity contribution in [2.45, 2.75) is 32.2 Å². The number of aliphatic hydroxyl groups is 1. The molecule has 3 rings (SSSR count). The quantitative estimate of drug-likeness (QED) is 0.302. The van der Waals surface area contributed by atoms with Crippen LogP contribution in [0.5, 0.6) is 0 Å². The zero-order valence-corrected chi connectivity index (χ0v) is 16.6. The number of benzene rings is 2. The lowest BCUT2D eigenvalue weighted by Crippen LogP contribution is -2.16. The summed E-state index contributed by atoms with van der Waals surface area (Å²) in [5, 5.41) is 21.8. The van der Waals surface area contributed by atoms with E-state index in [0.717, 1.165) is 48.3 Å². The van der Waals surface area contributed by atoms with Gasteiger partial charge in [-0.15, -0.1) is 11.3 Å². The van der Waals surface area contributed by atoms with Gasteiger partial charge in [-0.25, -0.2) is 9.38 Å². The summed E-state index contributed by atoms with van der Waals surface area (Å²) in [5.74, 6) is -0.307. The van der Waals surface area contributed by atoms with Crippen molar-refractivity contribution in [3.8, 4) is 11.3 Å². The predicted molar refractivity (Wildman–Crippen MR) is 112 cm³/mol. The summed E-state index contributed by atoms with van der Waals surface area (Å²) in [4.78, 5) is 15.9. The van der Waals surface area contributed by atoms with E-state index in [2.05, 4.69) is 9.56 Å². The smallest absolute Gasteiger partial charge is 0.269 e. The van der Waals surface area contributed by atoms with Crippen molar-refractivity contribution in [3.05, 3.63) is 74.6 Å². The van der Waals surface area contributed by atoms with Crippen LogP contribution in [0.1, 0.15) is 25.7 Å². The van der Waals surface area contributed by atoms with E-state index in [-0.39, 0.29) is 18.1 Å². The standard InChI is InChI=1S/C21H22FN3O3S/c22-17-7-9-18(10-8-17)23-21-24(13-3-1-2-4-14-26)20(15-29-21)16-5-11-19(12-6-16)25(27)28/h5-12,15,26H,1-4,13-14H2. The maximum Gasteiger partial charge on any atom is 0.269 e. The van der Waals surface area contributed by atoms with Crippen LogP contribution in [0.25, 0.3) is 11.3 Å². The van der Waals surface area contributed by atoms with Gasteiger partial charge in [-0.3, -0.25) is 10.1 Å². The average molecular weight is 415 g/mol. The Kier molecular flexibility index (Phi) is 7.26. The molecule has 3 aromatic rings. The van der Waals surface area contributed by atoms with E-state index in [9.17, 15) is 14.5 Å². The molecule has 0 atom stereocenters. The van der Waals surface area contributed by atoms with Gasteiger partial charge in [0.2, 0.25) is 0 Å². The Hall–Kier alpha value is -2.84. The SMILES string of the molecule is O=[N+]([O-])c1ccc(-c2csc(=Nc3ccc(F)cc3)n2CCCCCCO)cc1. The van der Waals surface area contributed by atoms with Gasteiger partial charge >= 0.3 is 0 Å². The summed E-state index contributed by atoms with van der Waals surface area (Å²) >= 11 is 1.48. The van der Waals surface area contributed by atoms with Crippen molar-refractivity contribution in [1.29, 1.82) is 0 Å². The first-order valence-corrected chi connectivity index (χ1v) is 10.3. The monoisotopic (exact) mass is 415 g/mol. The fourth-order valence-electron chi connectivity index (χ4n) is 2.98. The van der Waals surface area contributed by atoms with E-state index in [1.165, 1.54) is 35.6 Å². The first-order chi connectivity index (χ1) is 14.1. The zero-order chi connectivity index (χ0) is 20.6. The lowest BCUT2D eigenvalue weighted by molar-refractivity contribution is -0.384. The van der Waals surface area contributed by atoms with E-state index >= 15 is 0 Å². The lowest BCUT2D eigenvalue weighted by Gasteiger charge is -2.09. The third-order valence-electron chi connectivity index (χ3n) is 4.51. The van der Waals surface area contributed by atoms with Crippen molar-refractivity contribution in [2.75, 3.05) is 6.61 Å². The summed E-state index contributed by atoms with van der Waals surface area (Å²) in [6, 6.07) is 12.5. The Morgan fingerprint density at radius 2 is 1.72 bits per heavy atom. The second-order valence-corrected chi connectivity index (χ2v) is 7.42. The van der Waals surface area contributed by atoms with Gasteiger partial charge in [0.25, 0.3) is 5.69 Å². The number of hydrogen-bond donors (Lipinski definition) is 1. The molecule has 0 aliphatic carbocycles.